The van der Waals surface area contributed by atoms with Crippen molar-refractivity contribution >= 4 is 16.0 Å². The van der Waals surface area contributed by atoms with Crippen LogP contribution in [0.1, 0.15) is 32.6 Å². The van der Waals surface area contributed by atoms with Gasteiger partial charge in [0, 0.05) is 19.7 Å². The average molecular weight is 291 g/mol. The van der Waals surface area contributed by atoms with Crippen LogP contribution in [-0.2, 0) is 19.6 Å². The first kappa shape index (κ1) is 14.7. The highest BCUT2D eigenvalue weighted by Crippen LogP contribution is 2.32. The van der Waals surface area contributed by atoms with Gasteiger partial charge in [0.25, 0.3) is 0 Å². The van der Waals surface area contributed by atoms with Crippen molar-refractivity contribution in [3.05, 3.63) is 0 Å². The van der Waals surface area contributed by atoms with Crippen molar-refractivity contribution in [2.24, 2.45) is 5.41 Å². The van der Waals surface area contributed by atoms with E-state index in [-0.39, 0.29) is 24.9 Å². The SMILES string of the molecule is CC1(C(=O)O)CCN(S(=O)(=O)CC2CCCO2)CC1. The molecule has 2 aliphatic rings. The van der Waals surface area contributed by atoms with Gasteiger partial charge in [-0.25, -0.2) is 12.7 Å². The van der Waals surface area contributed by atoms with Crippen LogP contribution in [0.2, 0.25) is 0 Å². The zero-order chi connectivity index (χ0) is 14.1. The molecule has 2 rings (SSSR count). The van der Waals surface area contributed by atoms with E-state index < -0.39 is 21.4 Å². The number of carboxylic acid groups (broad SMARTS) is 1. The Morgan fingerprint density at radius 3 is 2.53 bits per heavy atom. The maximum atomic E-state index is 12.2. The molecule has 7 heteroatoms. The second-order valence-corrected chi connectivity index (χ2v) is 7.69. The van der Waals surface area contributed by atoms with Gasteiger partial charge in [-0.05, 0) is 32.6 Å². The molecule has 0 aromatic carbocycles. The third-order valence-corrected chi connectivity index (χ3v) is 6.10. The predicted molar refractivity (Wildman–Crippen MR) is 69.3 cm³/mol. The number of aliphatic carboxylic acids is 1. The summed E-state index contributed by atoms with van der Waals surface area (Å²) in [4.78, 5) is 11.1. The van der Waals surface area contributed by atoms with Crippen molar-refractivity contribution in [3.8, 4) is 0 Å². The Hall–Kier alpha value is -0.660. The Labute approximate surface area is 113 Å². The summed E-state index contributed by atoms with van der Waals surface area (Å²) in [6.07, 6.45) is 2.25. The molecule has 2 aliphatic heterocycles. The van der Waals surface area contributed by atoms with E-state index in [1.807, 2.05) is 0 Å². The van der Waals surface area contributed by atoms with Gasteiger partial charge in [-0.2, -0.15) is 0 Å². The largest absolute Gasteiger partial charge is 0.481 e. The average Bonchev–Trinajstić information content (AvgIpc) is 2.81. The molecule has 0 aromatic rings. The summed E-state index contributed by atoms with van der Waals surface area (Å²) in [7, 11) is -3.33. The molecule has 0 spiro atoms. The van der Waals surface area contributed by atoms with Crippen LogP contribution in [0.15, 0.2) is 0 Å². The Kier molecular flexibility index (Phi) is 4.17. The fraction of sp³-hybridized carbons (Fsp3) is 0.917. The van der Waals surface area contributed by atoms with Crippen LogP contribution in [0.25, 0.3) is 0 Å². The minimum Gasteiger partial charge on any atom is -0.481 e. The summed E-state index contributed by atoms with van der Waals surface area (Å²) >= 11 is 0. The monoisotopic (exact) mass is 291 g/mol. The Bertz CT molecular complexity index is 433. The molecule has 2 heterocycles. The molecule has 0 saturated carbocycles. The van der Waals surface area contributed by atoms with Crippen molar-refractivity contribution in [2.75, 3.05) is 25.4 Å². The molecule has 19 heavy (non-hydrogen) atoms. The van der Waals surface area contributed by atoms with E-state index in [1.54, 1.807) is 6.92 Å². The summed E-state index contributed by atoms with van der Waals surface area (Å²) in [5, 5.41) is 9.13. The lowest BCUT2D eigenvalue weighted by molar-refractivity contribution is -0.150. The van der Waals surface area contributed by atoms with Gasteiger partial charge in [-0.15, -0.1) is 0 Å². The smallest absolute Gasteiger partial charge is 0.309 e. The molecule has 1 N–H and O–H groups in total. The number of carbonyl (C=O) groups is 1. The molecule has 0 bridgehead atoms. The van der Waals surface area contributed by atoms with Gasteiger partial charge >= 0.3 is 5.97 Å². The van der Waals surface area contributed by atoms with Crippen molar-refractivity contribution in [1.82, 2.24) is 4.31 Å². The van der Waals surface area contributed by atoms with Crippen LogP contribution < -0.4 is 0 Å². The van der Waals surface area contributed by atoms with Gasteiger partial charge < -0.3 is 9.84 Å². The highest BCUT2D eigenvalue weighted by molar-refractivity contribution is 7.89. The van der Waals surface area contributed by atoms with E-state index in [0.717, 1.165) is 12.8 Å². The second-order valence-electron chi connectivity index (χ2n) is 5.68. The Morgan fingerprint density at radius 2 is 2.05 bits per heavy atom. The number of piperidine rings is 1. The summed E-state index contributed by atoms with van der Waals surface area (Å²) < 4.78 is 31.2. The van der Waals surface area contributed by atoms with Gasteiger partial charge in [0.1, 0.15) is 0 Å². The normalized spacial score (nSPS) is 28.4. The molecule has 2 fully saturated rings. The molecule has 1 atom stereocenters. The van der Waals surface area contributed by atoms with Crippen LogP contribution in [0, 0.1) is 5.41 Å². The van der Waals surface area contributed by atoms with Crippen LogP contribution in [0.3, 0.4) is 0 Å². The van der Waals surface area contributed by atoms with E-state index in [0.29, 0.717) is 19.4 Å². The Morgan fingerprint density at radius 1 is 1.42 bits per heavy atom. The van der Waals surface area contributed by atoms with E-state index in [1.165, 1.54) is 4.31 Å². The van der Waals surface area contributed by atoms with E-state index in [4.69, 9.17) is 9.84 Å². The number of nitrogens with zero attached hydrogens (tertiary/aromatic N) is 1. The van der Waals surface area contributed by atoms with Crippen molar-refractivity contribution in [3.63, 3.8) is 0 Å². The van der Waals surface area contributed by atoms with E-state index >= 15 is 0 Å². The summed E-state index contributed by atoms with van der Waals surface area (Å²) in [5.74, 6) is -0.819. The van der Waals surface area contributed by atoms with Gasteiger partial charge in [0.2, 0.25) is 10.0 Å². The fourth-order valence-electron chi connectivity index (χ4n) is 2.59. The van der Waals surface area contributed by atoms with Crippen molar-refractivity contribution < 1.29 is 23.1 Å². The zero-order valence-electron chi connectivity index (χ0n) is 11.2. The standard InChI is InChI=1S/C12H21NO5S/c1-12(11(14)15)4-6-13(7-5-12)19(16,17)9-10-3-2-8-18-10/h10H,2-9H2,1H3,(H,14,15). The van der Waals surface area contributed by atoms with Crippen LogP contribution in [0.5, 0.6) is 0 Å². The molecule has 1 unspecified atom stereocenters. The molecule has 0 radical (unpaired) electrons. The quantitative estimate of drug-likeness (QED) is 0.823. The summed E-state index contributed by atoms with van der Waals surface area (Å²) in [6, 6.07) is 0. The molecule has 110 valence electrons. The Balaban J connectivity index is 1.94. The lowest BCUT2D eigenvalue weighted by Gasteiger charge is -2.36. The second kappa shape index (κ2) is 5.38. The van der Waals surface area contributed by atoms with Gasteiger partial charge in [-0.1, -0.05) is 0 Å². The van der Waals surface area contributed by atoms with Gasteiger partial charge in [0.05, 0.1) is 17.3 Å². The van der Waals surface area contributed by atoms with E-state index in [2.05, 4.69) is 0 Å². The minimum atomic E-state index is -3.33. The molecule has 0 aromatic heterocycles. The number of rotatable bonds is 4. The fourth-order valence-corrected chi connectivity index (χ4v) is 4.27. The maximum absolute atomic E-state index is 12.2. The molecule has 2 saturated heterocycles. The topological polar surface area (TPSA) is 83.9 Å². The third-order valence-electron chi connectivity index (χ3n) is 4.16. The number of hydrogen-bond acceptors (Lipinski definition) is 4. The molecule has 0 aliphatic carbocycles. The number of sulfonamides is 1. The van der Waals surface area contributed by atoms with Crippen molar-refractivity contribution in [1.29, 1.82) is 0 Å². The van der Waals surface area contributed by atoms with Crippen LogP contribution in [-0.4, -0.2) is 55.4 Å². The third kappa shape index (κ3) is 3.27. The highest BCUT2D eigenvalue weighted by Gasteiger charge is 2.40. The first-order valence-electron chi connectivity index (χ1n) is 6.66. The molecule has 0 amide bonds. The van der Waals surface area contributed by atoms with Crippen LogP contribution in [0.4, 0.5) is 0 Å². The lowest BCUT2D eigenvalue weighted by Crippen LogP contribution is -2.46. The number of carboxylic acids is 1. The zero-order valence-corrected chi connectivity index (χ0v) is 12.0. The number of hydrogen-bond donors (Lipinski definition) is 1. The minimum absolute atomic E-state index is 0.0246. The maximum Gasteiger partial charge on any atom is 0.309 e. The van der Waals surface area contributed by atoms with Crippen LogP contribution >= 0.6 is 0 Å². The lowest BCUT2D eigenvalue weighted by atomic mass is 9.81. The number of ether oxygens (including phenoxy) is 1. The highest BCUT2D eigenvalue weighted by atomic mass is 32.2. The predicted octanol–water partition coefficient (Wildman–Crippen LogP) is 0.682. The van der Waals surface area contributed by atoms with E-state index in [9.17, 15) is 13.2 Å². The molecular weight excluding hydrogens is 270 g/mol. The first-order valence-corrected chi connectivity index (χ1v) is 8.27. The molecule has 6 nitrogen and oxygen atoms in total. The van der Waals surface area contributed by atoms with Gasteiger partial charge in [0.15, 0.2) is 0 Å². The molecular formula is C12H21NO5S. The first-order chi connectivity index (χ1) is 8.83. The summed E-state index contributed by atoms with van der Waals surface area (Å²) in [6.45, 7) is 2.90. The summed E-state index contributed by atoms with van der Waals surface area (Å²) in [5.41, 5.74) is -0.796. The van der Waals surface area contributed by atoms with Crippen molar-refractivity contribution in [2.45, 2.75) is 38.7 Å². The van der Waals surface area contributed by atoms with Gasteiger partial charge in [-0.3, -0.25) is 4.79 Å².